The van der Waals surface area contributed by atoms with Crippen LogP contribution in [-0.2, 0) is 16.1 Å². The van der Waals surface area contributed by atoms with Gasteiger partial charge in [0.1, 0.15) is 12.1 Å². The first-order valence-electron chi connectivity index (χ1n) is 14.2. The summed E-state index contributed by atoms with van der Waals surface area (Å²) < 4.78 is 7.72. The van der Waals surface area contributed by atoms with Gasteiger partial charge in [-0.15, -0.1) is 5.10 Å². The highest BCUT2D eigenvalue weighted by Crippen LogP contribution is 2.68. The van der Waals surface area contributed by atoms with Crippen molar-refractivity contribution in [3.05, 3.63) is 23.8 Å². The molecule has 0 aliphatic heterocycles. The number of aliphatic hydroxyl groups is 1. The molecule has 196 valence electrons. The van der Waals surface area contributed by atoms with Gasteiger partial charge in [-0.2, -0.15) is 0 Å². The monoisotopic (exact) mass is 493 g/mol. The number of ether oxygens (including phenoxy) is 1. The largest absolute Gasteiger partial charge is 0.390 e. The normalized spacial score (nSPS) is 42.1. The molecule has 0 unspecified atom stereocenters. The van der Waals surface area contributed by atoms with Gasteiger partial charge in [0.15, 0.2) is 5.78 Å². The van der Waals surface area contributed by atoms with E-state index in [-0.39, 0.29) is 16.7 Å². The van der Waals surface area contributed by atoms with E-state index in [2.05, 4.69) is 30.2 Å². The molecule has 1 aromatic carbocycles. The molecule has 4 saturated carbocycles. The lowest BCUT2D eigenvalue weighted by atomic mass is 9.43. The maximum Gasteiger partial charge on any atom is 0.157 e. The van der Waals surface area contributed by atoms with Crippen LogP contribution in [0.15, 0.2) is 18.2 Å². The number of rotatable bonds is 5. The molecule has 4 aliphatic rings. The Bertz CT molecular complexity index is 1160. The molecule has 1 heterocycles. The van der Waals surface area contributed by atoms with Crippen molar-refractivity contribution >= 4 is 16.8 Å². The quantitative estimate of drug-likeness (QED) is 0.608. The molecule has 6 nitrogen and oxygen atoms in total. The second-order valence-electron chi connectivity index (χ2n) is 13.4. The van der Waals surface area contributed by atoms with Crippen molar-refractivity contribution in [2.24, 2.45) is 40.4 Å². The van der Waals surface area contributed by atoms with Crippen molar-refractivity contribution in [2.45, 2.75) is 90.7 Å². The summed E-state index contributed by atoms with van der Waals surface area (Å²) in [6, 6.07) is 6.14. The number of benzene rings is 1. The van der Waals surface area contributed by atoms with Gasteiger partial charge < -0.3 is 9.84 Å². The number of carbonyl (C=O) groups excluding carboxylic acids is 1. The molecule has 8 atom stereocenters. The zero-order valence-electron chi connectivity index (χ0n) is 22.5. The summed E-state index contributed by atoms with van der Waals surface area (Å²) >= 11 is 0. The average molecular weight is 494 g/mol. The molecule has 0 radical (unpaired) electrons. The Balaban J connectivity index is 1.23. The molecule has 0 saturated heterocycles. The zero-order valence-corrected chi connectivity index (χ0v) is 22.5. The number of hydrogen-bond acceptors (Lipinski definition) is 5. The molecule has 1 N–H and O–H groups in total. The van der Waals surface area contributed by atoms with Crippen LogP contribution in [0, 0.1) is 47.3 Å². The van der Waals surface area contributed by atoms with E-state index in [1.165, 1.54) is 19.3 Å². The van der Waals surface area contributed by atoms with E-state index in [0.717, 1.165) is 61.7 Å². The van der Waals surface area contributed by atoms with Crippen LogP contribution in [0.3, 0.4) is 0 Å². The number of aromatic nitrogens is 3. The van der Waals surface area contributed by atoms with Crippen LogP contribution in [0.4, 0.5) is 0 Å². The number of fused-ring (bicyclic) bond motifs is 6. The summed E-state index contributed by atoms with van der Waals surface area (Å²) in [5, 5.41) is 19.5. The van der Waals surface area contributed by atoms with Crippen molar-refractivity contribution in [2.75, 3.05) is 13.7 Å². The van der Waals surface area contributed by atoms with Gasteiger partial charge >= 0.3 is 0 Å². The first-order valence-corrected chi connectivity index (χ1v) is 14.2. The lowest BCUT2D eigenvalue weighted by molar-refractivity contribution is -0.175. The number of nitrogens with zero attached hydrogens (tertiary/aromatic N) is 3. The van der Waals surface area contributed by atoms with Crippen molar-refractivity contribution in [3.63, 3.8) is 0 Å². The fraction of sp³-hybridized carbons (Fsp3) is 0.767. The Labute approximate surface area is 215 Å². The summed E-state index contributed by atoms with van der Waals surface area (Å²) in [5.74, 6) is 2.93. The molecule has 6 rings (SSSR count). The van der Waals surface area contributed by atoms with E-state index in [1.54, 1.807) is 0 Å². The van der Waals surface area contributed by atoms with E-state index in [0.29, 0.717) is 36.0 Å². The smallest absolute Gasteiger partial charge is 0.157 e. The van der Waals surface area contributed by atoms with Gasteiger partial charge in [0.05, 0.1) is 17.7 Å². The minimum atomic E-state index is -0.535. The second-order valence-corrected chi connectivity index (χ2v) is 13.4. The third kappa shape index (κ3) is 3.69. The van der Waals surface area contributed by atoms with Crippen LogP contribution >= 0.6 is 0 Å². The van der Waals surface area contributed by atoms with Crippen LogP contribution in [-0.4, -0.2) is 45.2 Å². The lowest BCUT2D eigenvalue weighted by Crippen LogP contribution is -2.58. The molecule has 0 bridgehead atoms. The van der Waals surface area contributed by atoms with Crippen LogP contribution in [0.5, 0.6) is 0 Å². The summed E-state index contributed by atoms with van der Waals surface area (Å²) in [4.78, 5) is 13.8. The summed E-state index contributed by atoms with van der Waals surface area (Å²) in [7, 11) is 1.86. The van der Waals surface area contributed by atoms with Crippen molar-refractivity contribution in [3.8, 4) is 0 Å². The molecule has 4 aliphatic carbocycles. The number of hydrogen-bond donors (Lipinski definition) is 1. The molecule has 2 aromatic rings. The SMILES string of the molecule is COC[C@]12CC[C@@](C)(O)C[C@@H]1CC[C@H]1[C@@H]3CC[C@H](C(=O)Cn4nnc5cc(C)ccc54)[C@@]3(C)CC[C@@H]12. The molecule has 6 heteroatoms. The van der Waals surface area contributed by atoms with Gasteiger partial charge in [-0.05, 0) is 124 Å². The Morgan fingerprint density at radius 1 is 1.11 bits per heavy atom. The summed E-state index contributed by atoms with van der Waals surface area (Å²) in [6.07, 6.45) is 9.78. The van der Waals surface area contributed by atoms with Crippen molar-refractivity contribution in [1.29, 1.82) is 0 Å². The Morgan fingerprint density at radius 3 is 2.75 bits per heavy atom. The van der Waals surface area contributed by atoms with E-state index < -0.39 is 5.60 Å². The van der Waals surface area contributed by atoms with Crippen LogP contribution in [0.25, 0.3) is 11.0 Å². The highest BCUT2D eigenvalue weighted by atomic mass is 16.5. The number of carbonyl (C=O) groups is 1. The minimum Gasteiger partial charge on any atom is -0.390 e. The third-order valence-corrected chi connectivity index (χ3v) is 11.4. The van der Waals surface area contributed by atoms with Crippen LogP contribution < -0.4 is 0 Å². The van der Waals surface area contributed by atoms with Gasteiger partial charge in [0, 0.05) is 13.0 Å². The van der Waals surface area contributed by atoms with Gasteiger partial charge in [0.2, 0.25) is 0 Å². The lowest BCUT2D eigenvalue weighted by Gasteiger charge is -2.62. The second kappa shape index (κ2) is 8.62. The van der Waals surface area contributed by atoms with Crippen molar-refractivity contribution in [1.82, 2.24) is 15.0 Å². The van der Waals surface area contributed by atoms with E-state index >= 15 is 0 Å². The number of methoxy groups -OCH3 is 1. The minimum absolute atomic E-state index is 0.0759. The number of ketones is 1. The van der Waals surface area contributed by atoms with Crippen molar-refractivity contribution < 1.29 is 14.6 Å². The molecule has 1 aromatic heterocycles. The fourth-order valence-electron chi connectivity index (χ4n) is 9.77. The summed E-state index contributed by atoms with van der Waals surface area (Å²) in [5.41, 5.74) is 2.71. The highest BCUT2D eigenvalue weighted by molar-refractivity contribution is 5.84. The number of aryl methyl sites for hydroxylation is 1. The third-order valence-electron chi connectivity index (χ3n) is 11.4. The first-order chi connectivity index (χ1) is 17.2. The predicted octanol–water partition coefficient (Wildman–Crippen LogP) is 5.35. The predicted molar refractivity (Wildman–Crippen MR) is 139 cm³/mol. The molecule has 4 fully saturated rings. The molecule has 36 heavy (non-hydrogen) atoms. The number of Topliss-reactive ketones (excluding diaryl/α,β-unsaturated/α-hetero) is 1. The molecular formula is C30H43N3O3. The molecular weight excluding hydrogens is 450 g/mol. The maximum absolute atomic E-state index is 13.8. The average Bonchev–Trinajstić information content (AvgIpc) is 3.39. The van der Waals surface area contributed by atoms with E-state index in [1.807, 2.05) is 30.8 Å². The van der Waals surface area contributed by atoms with Crippen LogP contribution in [0.2, 0.25) is 0 Å². The topological polar surface area (TPSA) is 77.2 Å². The van der Waals surface area contributed by atoms with E-state index in [4.69, 9.17) is 4.74 Å². The fourth-order valence-corrected chi connectivity index (χ4v) is 9.77. The van der Waals surface area contributed by atoms with Crippen LogP contribution in [0.1, 0.15) is 77.2 Å². The van der Waals surface area contributed by atoms with Gasteiger partial charge in [0.25, 0.3) is 0 Å². The molecule has 0 amide bonds. The first kappa shape index (κ1) is 24.5. The molecule has 0 spiro atoms. The maximum atomic E-state index is 13.8. The zero-order chi connectivity index (χ0) is 25.3. The van der Waals surface area contributed by atoms with Gasteiger partial charge in [-0.1, -0.05) is 18.2 Å². The summed E-state index contributed by atoms with van der Waals surface area (Å²) in [6.45, 7) is 7.65. The Hall–Kier alpha value is -1.79. The Morgan fingerprint density at radius 2 is 1.94 bits per heavy atom. The Kier molecular flexibility index (Phi) is 5.88. The van der Waals surface area contributed by atoms with Gasteiger partial charge in [-0.3, -0.25) is 4.79 Å². The van der Waals surface area contributed by atoms with Gasteiger partial charge in [-0.25, -0.2) is 4.68 Å². The standard InChI is InChI=1S/C30H43N3O3/c1-19-5-10-26-25(15-19)31-32-33(26)17-27(34)24-9-8-22-21-7-6-20-16-28(2,35)13-14-30(20,18-36-4)23(21)11-12-29(22,24)3/h5,10,15,20-24,35H,6-9,11-14,16-18H2,1-4H3/t20-,21-,22-,23-,24+,28+,29-,30+/m0/s1. The highest BCUT2D eigenvalue weighted by Gasteiger charge is 2.63. The van der Waals surface area contributed by atoms with E-state index in [9.17, 15) is 9.90 Å².